The molecule has 3 unspecified atom stereocenters. The summed E-state index contributed by atoms with van der Waals surface area (Å²) in [5, 5.41) is 1.59. The van der Waals surface area contributed by atoms with E-state index in [0.29, 0.717) is 77.8 Å². The van der Waals surface area contributed by atoms with E-state index in [1.54, 1.807) is 18.3 Å². The zero-order chi connectivity index (χ0) is 49.9. The first-order chi connectivity index (χ1) is 33.1. The van der Waals surface area contributed by atoms with Crippen molar-refractivity contribution in [1.82, 2.24) is 19.9 Å². The molecule has 4 aromatic carbocycles. The summed E-state index contributed by atoms with van der Waals surface area (Å²) in [6.45, 7) is 21.5. The number of ether oxygens (including phenoxy) is 3. The van der Waals surface area contributed by atoms with Gasteiger partial charge in [0, 0.05) is 30.4 Å². The molecule has 0 N–H and O–H groups in total. The number of amides is 1. The Morgan fingerprint density at radius 1 is 0.829 bits per heavy atom. The van der Waals surface area contributed by atoms with Crippen molar-refractivity contribution in [2.24, 2.45) is 10.8 Å². The summed E-state index contributed by atoms with van der Waals surface area (Å²) in [5.41, 5.74) is 1.42. The van der Waals surface area contributed by atoms with Crippen LogP contribution in [-0.4, -0.2) is 84.1 Å². The maximum atomic E-state index is 17.9. The van der Waals surface area contributed by atoms with Gasteiger partial charge in [-0.25, -0.2) is 13.6 Å². The number of carbonyl (C=O) groups is 2. The molecule has 9 rings (SSSR count). The minimum absolute atomic E-state index is 0.00912. The fourth-order valence-corrected chi connectivity index (χ4v) is 15.0. The van der Waals surface area contributed by atoms with Crippen LogP contribution in [-0.2, 0) is 16.0 Å². The highest BCUT2D eigenvalue weighted by Crippen LogP contribution is 2.53. The summed E-state index contributed by atoms with van der Waals surface area (Å²) in [6, 6.07) is 27.0. The third kappa shape index (κ3) is 9.87. The predicted molar refractivity (Wildman–Crippen MR) is 275 cm³/mol. The highest BCUT2D eigenvalue weighted by molar-refractivity contribution is 6.94. The van der Waals surface area contributed by atoms with Crippen LogP contribution in [0, 0.1) is 22.5 Å². The van der Waals surface area contributed by atoms with Gasteiger partial charge in [-0.2, -0.15) is 9.97 Å². The summed E-state index contributed by atoms with van der Waals surface area (Å²) in [5.74, 6) is -0.165. The quantitative estimate of drug-likeness (QED) is 0.105. The second-order valence-electron chi connectivity index (χ2n) is 23.1. The molecule has 3 aliphatic rings. The first-order valence-corrected chi connectivity index (χ1v) is 26.7. The van der Waals surface area contributed by atoms with Crippen LogP contribution >= 0.6 is 0 Å². The summed E-state index contributed by atoms with van der Waals surface area (Å²) in [6.07, 6.45) is 4.48. The van der Waals surface area contributed by atoms with Gasteiger partial charge in [-0.1, -0.05) is 115 Å². The highest BCUT2D eigenvalue weighted by atomic mass is 28.3. The van der Waals surface area contributed by atoms with Crippen LogP contribution in [0.5, 0.6) is 11.8 Å². The van der Waals surface area contributed by atoms with Crippen molar-refractivity contribution in [3.05, 3.63) is 119 Å². The molecule has 3 atom stereocenters. The van der Waals surface area contributed by atoms with Gasteiger partial charge in [0.05, 0.1) is 29.5 Å². The largest absolute Gasteiger partial charge is 0.493 e. The van der Waals surface area contributed by atoms with Gasteiger partial charge in [-0.15, -0.1) is 0 Å². The minimum atomic E-state index is -2.40. The maximum Gasteiger partial charge on any atom is 0.410 e. The topological polar surface area (TPSA) is 107 Å². The first kappa shape index (κ1) is 49.0. The van der Waals surface area contributed by atoms with Crippen molar-refractivity contribution in [1.29, 1.82) is 0 Å². The van der Waals surface area contributed by atoms with Crippen molar-refractivity contribution in [3.63, 3.8) is 0 Å². The van der Waals surface area contributed by atoms with E-state index in [4.69, 9.17) is 29.2 Å². The fraction of sp³-hybridized carbons (Fsp3) is 0.456. The number of nitrogens with zero attached hydrogens (tertiary/aromatic N) is 5. The number of anilines is 1. The second kappa shape index (κ2) is 18.7. The predicted octanol–water partition coefficient (Wildman–Crippen LogP) is 12.4. The Bertz CT molecular complexity index is 2880. The number of aryl methyl sites for hydroxylation is 1. The second-order valence-corrected chi connectivity index (χ2v) is 26.9. The Morgan fingerprint density at radius 2 is 1.46 bits per heavy atom. The average Bonchev–Trinajstić information content (AvgIpc) is 4.06. The molecule has 70 heavy (non-hydrogen) atoms. The van der Waals surface area contributed by atoms with Crippen molar-refractivity contribution in [2.45, 2.75) is 130 Å². The molecule has 368 valence electrons. The van der Waals surface area contributed by atoms with Gasteiger partial charge in [0.1, 0.15) is 55.0 Å². The lowest BCUT2D eigenvalue weighted by molar-refractivity contribution is -0.118. The van der Waals surface area contributed by atoms with E-state index in [9.17, 15) is 4.79 Å². The number of piperazine rings is 1. The Kier molecular flexibility index (Phi) is 13.1. The van der Waals surface area contributed by atoms with Gasteiger partial charge < -0.3 is 23.9 Å². The number of hydrogen-bond donors (Lipinski definition) is 0. The van der Waals surface area contributed by atoms with Crippen LogP contribution < -0.4 is 14.4 Å². The van der Waals surface area contributed by atoms with E-state index in [1.165, 1.54) is 6.07 Å². The van der Waals surface area contributed by atoms with Gasteiger partial charge in [-0.3, -0.25) is 9.88 Å². The molecule has 6 aromatic rings. The van der Waals surface area contributed by atoms with E-state index >= 15 is 13.6 Å². The van der Waals surface area contributed by atoms with E-state index in [2.05, 4.69) is 70.7 Å². The Morgan fingerprint density at radius 3 is 2.01 bits per heavy atom. The molecule has 0 radical (unpaired) electrons. The Balaban J connectivity index is 1.14. The zero-order valence-electron chi connectivity index (χ0n) is 42.4. The third-order valence-corrected chi connectivity index (χ3v) is 18.7. The van der Waals surface area contributed by atoms with Crippen LogP contribution in [0.2, 0.25) is 5.04 Å². The van der Waals surface area contributed by atoms with Gasteiger partial charge in [0.2, 0.25) is 0 Å². The average molecular weight is 968 g/mol. The zero-order valence-corrected chi connectivity index (χ0v) is 43.5. The smallest absolute Gasteiger partial charge is 0.410 e. The minimum Gasteiger partial charge on any atom is -0.493 e. The SMILES string of the molecule is CCc1c(F)ccc2cc(OCC(C)(C)C)cc(-c3ncc4c(N5CC6CCC(C5)N6C(=O)OC(C)(C)C)nc(OCC5(C(=O)[SiH](C(c6ccccc6)c6ccccc6)C(C)(C)C)CC5)nc4c3F)c12. The molecule has 1 saturated carbocycles. The maximum absolute atomic E-state index is 17.9. The van der Waals surface area contributed by atoms with E-state index < -0.39 is 25.6 Å². The van der Waals surface area contributed by atoms with Gasteiger partial charge >= 0.3 is 12.1 Å². The molecular formula is C57H67F2N5O5Si. The number of carbonyl (C=O) groups excluding carboxylic acids is 2. The standard InChI is InChI=1S/C57H67F2N5O5Si/c1-11-41-44(58)25-22-37-28-40(67-33-54(2,3)4)29-42(45(37)41)47-46(59)48-43(30-60-47)50(63-31-38-23-24-39(32-63)64(38)53(66)69-55(5,6)7)62-52(61-48)68-34-57(26-27-57)51(65)70(56(8,9)10)49(35-18-14-12-15-19-35)36-20-16-13-17-21-36/h12-22,25,28-30,38-39,49,70H,11,23-24,26-27,31-34H2,1-10H3. The van der Waals surface area contributed by atoms with Crippen LogP contribution in [0.4, 0.5) is 19.4 Å². The number of hydrogen-bond acceptors (Lipinski definition) is 9. The molecule has 2 bridgehead atoms. The van der Waals surface area contributed by atoms with Crippen LogP contribution in [0.3, 0.4) is 0 Å². The number of pyridine rings is 1. The summed E-state index contributed by atoms with van der Waals surface area (Å²) >= 11 is 0. The molecule has 10 nitrogen and oxygen atoms in total. The number of halogens is 2. The summed E-state index contributed by atoms with van der Waals surface area (Å²) in [7, 11) is -2.40. The molecule has 1 amide bonds. The summed E-state index contributed by atoms with van der Waals surface area (Å²) < 4.78 is 52.4. The Labute approximate surface area is 412 Å². The molecular weight excluding hydrogens is 901 g/mol. The van der Waals surface area contributed by atoms with Crippen molar-refractivity contribution in [2.75, 3.05) is 31.2 Å². The van der Waals surface area contributed by atoms with Crippen molar-refractivity contribution in [3.8, 4) is 23.0 Å². The fourth-order valence-electron chi connectivity index (χ4n) is 10.7. The molecule has 4 heterocycles. The molecule has 0 spiro atoms. The van der Waals surface area contributed by atoms with Crippen LogP contribution in [0.25, 0.3) is 32.9 Å². The normalized spacial score (nSPS) is 18.4. The Hall–Kier alpha value is -5.95. The highest BCUT2D eigenvalue weighted by Gasteiger charge is 2.57. The van der Waals surface area contributed by atoms with Crippen LogP contribution in [0.15, 0.2) is 91.1 Å². The molecule has 1 aliphatic carbocycles. The number of aromatic nitrogens is 3. The van der Waals surface area contributed by atoms with E-state index in [-0.39, 0.29) is 69.2 Å². The van der Waals surface area contributed by atoms with Gasteiger partial charge in [0.25, 0.3) is 0 Å². The molecule has 2 aliphatic heterocycles. The summed E-state index contributed by atoms with van der Waals surface area (Å²) in [4.78, 5) is 47.6. The van der Waals surface area contributed by atoms with Crippen molar-refractivity contribution >= 4 is 47.8 Å². The van der Waals surface area contributed by atoms with E-state index in [0.717, 1.165) is 24.0 Å². The molecule has 13 heteroatoms. The lowest BCUT2D eigenvalue weighted by Crippen LogP contribution is -2.57. The van der Waals surface area contributed by atoms with Gasteiger partial charge in [-0.05, 0) is 109 Å². The number of rotatable bonds is 13. The number of fused-ring (bicyclic) bond motifs is 4. The third-order valence-electron chi connectivity index (χ3n) is 14.2. The van der Waals surface area contributed by atoms with Crippen molar-refractivity contribution < 1.29 is 32.6 Å². The van der Waals surface area contributed by atoms with E-state index in [1.807, 2.05) is 75.1 Å². The molecule has 3 fully saturated rings. The lowest BCUT2D eigenvalue weighted by Gasteiger charge is -2.42. The first-order valence-electron chi connectivity index (χ1n) is 24.9. The van der Waals surface area contributed by atoms with Crippen LogP contribution in [0.1, 0.15) is 117 Å². The monoisotopic (exact) mass is 967 g/mol. The molecule has 2 aromatic heterocycles. The molecule has 2 saturated heterocycles. The number of benzene rings is 4. The van der Waals surface area contributed by atoms with Gasteiger partial charge in [0.15, 0.2) is 5.82 Å². The lowest BCUT2D eigenvalue weighted by atomic mass is 9.94.